The maximum Gasteiger partial charge on any atom is 0.244 e. The van der Waals surface area contributed by atoms with Crippen LogP contribution in [0.3, 0.4) is 0 Å². The van der Waals surface area contributed by atoms with Crippen molar-refractivity contribution in [3.63, 3.8) is 0 Å². The number of hydrogen-bond acceptors (Lipinski definition) is 3. The van der Waals surface area contributed by atoms with E-state index in [9.17, 15) is 4.79 Å². The normalized spacial score (nSPS) is 17.0. The summed E-state index contributed by atoms with van der Waals surface area (Å²) in [5.41, 5.74) is 9.96. The van der Waals surface area contributed by atoms with Crippen LogP contribution in [-0.2, 0) is 4.79 Å². The van der Waals surface area contributed by atoms with E-state index in [4.69, 9.17) is 12.2 Å². The standard InChI is InChI=1S/C31H33N5OS/c1-19-15-20(2)29(21(3)16-19)36-22(4)17-25(23(36)5)30-28(26-13-9-10-14-32-26)34-31(38)35(30)18-27(37)33-24-11-7-6-8-12-24/h6-17,28,30H,18H2,1-5H3,(H,33,37)(H,34,38)/t28-,30+/m0/s1. The highest BCUT2D eigenvalue weighted by Crippen LogP contribution is 2.41. The first kappa shape index (κ1) is 25.7. The molecule has 1 aliphatic heterocycles. The molecule has 0 saturated carbocycles. The molecule has 0 unspecified atom stereocenters. The summed E-state index contributed by atoms with van der Waals surface area (Å²) in [5.74, 6) is -0.119. The Morgan fingerprint density at radius 2 is 1.66 bits per heavy atom. The van der Waals surface area contributed by atoms with Crippen molar-refractivity contribution < 1.29 is 4.79 Å². The summed E-state index contributed by atoms with van der Waals surface area (Å²) in [6, 6.07) is 21.7. The van der Waals surface area contributed by atoms with Crippen molar-refractivity contribution in [1.29, 1.82) is 0 Å². The average molecular weight is 524 g/mol. The van der Waals surface area contributed by atoms with Crippen LogP contribution in [0.2, 0.25) is 0 Å². The summed E-state index contributed by atoms with van der Waals surface area (Å²) >= 11 is 5.81. The second kappa shape index (κ2) is 10.4. The minimum Gasteiger partial charge on any atom is -0.352 e. The summed E-state index contributed by atoms with van der Waals surface area (Å²) in [6.45, 7) is 10.9. The molecule has 7 heteroatoms. The molecule has 2 N–H and O–H groups in total. The lowest BCUT2D eigenvalue weighted by molar-refractivity contribution is -0.116. The zero-order valence-electron chi connectivity index (χ0n) is 22.4. The Morgan fingerprint density at radius 3 is 2.32 bits per heavy atom. The zero-order valence-corrected chi connectivity index (χ0v) is 23.3. The molecule has 5 rings (SSSR count). The van der Waals surface area contributed by atoms with E-state index in [0.29, 0.717) is 5.11 Å². The quantitative estimate of drug-likeness (QED) is 0.303. The van der Waals surface area contributed by atoms with E-state index >= 15 is 0 Å². The first-order chi connectivity index (χ1) is 18.2. The van der Waals surface area contributed by atoms with Crippen molar-refractivity contribution in [2.75, 3.05) is 11.9 Å². The molecule has 2 aromatic carbocycles. The predicted molar refractivity (Wildman–Crippen MR) is 157 cm³/mol. The topological polar surface area (TPSA) is 62.2 Å². The lowest BCUT2D eigenvalue weighted by Gasteiger charge is -2.28. The Labute approximate surface area is 229 Å². The fraction of sp³-hybridized carbons (Fsp3) is 0.258. The summed E-state index contributed by atoms with van der Waals surface area (Å²) in [6.07, 6.45) is 1.80. The highest BCUT2D eigenvalue weighted by Gasteiger charge is 2.42. The van der Waals surface area contributed by atoms with Gasteiger partial charge in [-0.05, 0) is 93.9 Å². The number of thiocarbonyl (C=S) groups is 1. The Balaban J connectivity index is 1.58. The summed E-state index contributed by atoms with van der Waals surface area (Å²) in [5, 5.41) is 7.02. The van der Waals surface area contributed by atoms with Gasteiger partial charge in [0.05, 0.1) is 23.5 Å². The van der Waals surface area contributed by atoms with Gasteiger partial charge in [-0.25, -0.2) is 0 Å². The third kappa shape index (κ3) is 4.82. The Bertz CT molecular complexity index is 1470. The smallest absolute Gasteiger partial charge is 0.244 e. The van der Waals surface area contributed by atoms with E-state index < -0.39 is 0 Å². The number of nitrogens with one attached hydrogen (secondary N) is 2. The molecule has 194 valence electrons. The number of carbonyl (C=O) groups excluding carboxylic acids is 1. The monoisotopic (exact) mass is 523 g/mol. The SMILES string of the molecule is Cc1cc(C)c(-n2c(C)cc([C@@H]3[C@H](c4ccccn4)NC(=S)N3CC(=O)Nc3ccccc3)c2C)c(C)c1. The summed E-state index contributed by atoms with van der Waals surface area (Å²) < 4.78 is 2.33. The molecular weight excluding hydrogens is 490 g/mol. The van der Waals surface area contributed by atoms with Gasteiger partial charge in [-0.3, -0.25) is 9.78 Å². The van der Waals surface area contributed by atoms with Gasteiger partial charge in [0.15, 0.2) is 5.11 Å². The molecule has 0 aliphatic carbocycles. The number of amides is 1. The minimum atomic E-state index is -0.204. The summed E-state index contributed by atoms with van der Waals surface area (Å²) in [4.78, 5) is 19.8. The molecule has 2 atom stereocenters. The van der Waals surface area contributed by atoms with Gasteiger partial charge in [0.25, 0.3) is 0 Å². The maximum absolute atomic E-state index is 13.2. The van der Waals surface area contributed by atoms with Crippen LogP contribution in [0.15, 0.2) is 72.9 Å². The van der Waals surface area contributed by atoms with Gasteiger partial charge in [0.2, 0.25) is 5.91 Å². The van der Waals surface area contributed by atoms with E-state index in [2.05, 4.69) is 73.0 Å². The molecule has 2 aromatic heterocycles. The van der Waals surface area contributed by atoms with Crippen LogP contribution in [0.25, 0.3) is 5.69 Å². The van der Waals surface area contributed by atoms with Crippen molar-refractivity contribution >= 4 is 28.9 Å². The molecule has 0 spiro atoms. The Hall–Kier alpha value is -3.97. The fourth-order valence-corrected chi connectivity index (χ4v) is 6.05. The van der Waals surface area contributed by atoms with Gasteiger partial charge < -0.3 is 20.1 Å². The fourth-order valence-electron chi connectivity index (χ4n) is 5.75. The number of nitrogens with zero attached hydrogens (tertiary/aromatic N) is 3. The first-order valence-electron chi connectivity index (χ1n) is 12.8. The van der Waals surface area contributed by atoms with E-state index in [1.807, 2.05) is 53.4 Å². The molecule has 1 aliphatic rings. The van der Waals surface area contributed by atoms with Crippen LogP contribution in [0.1, 0.15) is 51.4 Å². The number of benzene rings is 2. The number of pyridine rings is 1. The zero-order chi connectivity index (χ0) is 27.0. The number of aromatic nitrogens is 2. The average Bonchev–Trinajstić information content (AvgIpc) is 3.35. The number of para-hydroxylation sites is 1. The maximum atomic E-state index is 13.2. The van der Waals surface area contributed by atoms with Gasteiger partial charge >= 0.3 is 0 Å². The van der Waals surface area contributed by atoms with Crippen LogP contribution >= 0.6 is 12.2 Å². The van der Waals surface area contributed by atoms with Crippen LogP contribution in [-0.4, -0.2) is 32.0 Å². The molecule has 3 heterocycles. The molecule has 4 aromatic rings. The number of carbonyl (C=O) groups is 1. The summed E-state index contributed by atoms with van der Waals surface area (Å²) in [7, 11) is 0. The molecule has 1 saturated heterocycles. The minimum absolute atomic E-state index is 0.119. The second-order valence-electron chi connectivity index (χ2n) is 10.1. The third-order valence-electron chi connectivity index (χ3n) is 7.22. The molecular formula is C31H33N5OS. The van der Waals surface area contributed by atoms with Crippen molar-refractivity contribution in [2.24, 2.45) is 0 Å². The van der Waals surface area contributed by atoms with Gasteiger partial charge in [0, 0.05) is 23.3 Å². The van der Waals surface area contributed by atoms with Gasteiger partial charge in [0.1, 0.15) is 6.54 Å². The molecule has 1 fully saturated rings. The molecule has 1 amide bonds. The van der Waals surface area contributed by atoms with Crippen LogP contribution in [0, 0.1) is 34.6 Å². The lowest BCUT2D eigenvalue weighted by atomic mass is 9.96. The number of hydrogen-bond donors (Lipinski definition) is 2. The first-order valence-corrected chi connectivity index (χ1v) is 13.3. The van der Waals surface area contributed by atoms with E-state index in [1.165, 1.54) is 22.4 Å². The van der Waals surface area contributed by atoms with Crippen molar-refractivity contribution in [2.45, 2.75) is 46.7 Å². The molecule has 6 nitrogen and oxygen atoms in total. The van der Waals surface area contributed by atoms with Crippen molar-refractivity contribution in [3.05, 3.63) is 112 Å². The van der Waals surface area contributed by atoms with Gasteiger partial charge in [-0.15, -0.1) is 0 Å². The second-order valence-corrected chi connectivity index (χ2v) is 10.5. The lowest BCUT2D eigenvalue weighted by Crippen LogP contribution is -2.37. The molecule has 38 heavy (non-hydrogen) atoms. The van der Waals surface area contributed by atoms with E-state index in [0.717, 1.165) is 28.3 Å². The van der Waals surface area contributed by atoms with E-state index in [-0.39, 0.29) is 24.5 Å². The predicted octanol–water partition coefficient (Wildman–Crippen LogP) is 6.03. The van der Waals surface area contributed by atoms with Crippen molar-refractivity contribution in [3.8, 4) is 5.69 Å². The van der Waals surface area contributed by atoms with E-state index in [1.54, 1.807) is 6.20 Å². The largest absolute Gasteiger partial charge is 0.352 e. The number of anilines is 1. The molecule has 0 radical (unpaired) electrons. The van der Waals surface area contributed by atoms with Crippen LogP contribution in [0.5, 0.6) is 0 Å². The number of aryl methyl sites for hydroxylation is 4. The molecule has 0 bridgehead atoms. The highest BCUT2D eigenvalue weighted by molar-refractivity contribution is 7.80. The number of rotatable bonds is 6. The van der Waals surface area contributed by atoms with Gasteiger partial charge in [-0.1, -0.05) is 42.0 Å². The van der Waals surface area contributed by atoms with Gasteiger partial charge in [-0.2, -0.15) is 0 Å². The Morgan fingerprint density at radius 1 is 0.974 bits per heavy atom. The van der Waals surface area contributed by atoms with Crippen LogP contribution < -0.4 is 10.6 Å². The Kier molecular flexibility index (Phi) is 7.04. The third-order valence-corrected chi connectivity index (χ3v) is 7.57. The van der Waals surface area contributed by atoms with Crippen molar-refractivity contribution in [1.82, 2.24) is 19.8 Å². The highest BCUT2D eigenvalue weighted by atomic mass is 32.1. The van der Waals surface area contributed by atoms with Crippen LogP contribution in [0.4, 0.5) is 5.69 Å².